The van der Waals surface area contributed by atoms with Gasteiger partial charge in [-0.15, -0.1) is 0 Å². The maximum atomic E-state index is 5.68. The van der Waals surface area contributed by atoms with E-state index >= 15 is 0 Å². The smallest absolute Gasteiger partial charge is 0.110 e. The molecule has 0 saturated carbocycles. The number of imidazole rings is 1. The molecule has 21 heavy (non-hydrogen) atoms. The molecule has 3 N–H and O–H groups in total. The van der Waals surface area contributed by atoms with Crippen LogP contribution in [0.15, 0.2) is 60.8 Å². The molecule has 3 nitrogen and oxygen atoms in total. The Morgan fingerprint density at radius 1 is 0.952 bits per heavy atom. The maximum absolute atomic E-state index is 5.68. The molecule has 3 heteroatoms. The van der Waals surface area contributed by atoms with Crippen molar-refractivity contribution in [1.29, 1.82) is 0 Å². The number of rotatable bonds is 4. The molecule has 2 aromatic carbocycles. The van der Waals surface area contributed by atoms with E-state index in [1.165, 1.54) is 11.1 Å². The molecule has 0 aliphatic rings. The molecule has 1 heterocycles. The first-order valence-corrected chi connectivity index (χ1v) is 7.19. The van der Waals surface area contributed by atoms with Crippen LogP contribution in [0.4, 0.5) is 0 Å². The predicted molar refractivity (Wildman–Crippen MR) is 86.9 cm³/mol. The van der Waals surface area contributed by atoms with Crippen LogP contribution in [-0.4, -0.2) is 16.5 Å². The molecule has 0 bridgehead atoms. The predicted octanol–water partition coefficient (Wildman–Crippen LogP) is 3.81. The van der Waals surface area contributed by atoms with Gasteiger partial charge >= 0.3 is 0 Å². The molecule has 3 rings (SSSR count). The van der Waals surface area contributed by atoms with Crippen molar-refractivity contribution in [1.82, 2.24) is 9.97 Å². The van der Waals surface area contributed by atoms with Gasteiger partial charge in [0.05, 0.1) is 11.9 Å². The van der Waals surface area contributed by atoms with Crippen LogP contribution in [0.5, 0.6) is 0 Å². The number of H-pyrrole nitrogens is 1. The SMILES string of the molecule is CC(CN)c1ncc(-c2ccc(-c3ccccc3)cc2)[nH]1. The molecule has 0 amide bonds. The molecule has 1 unspecified atom stereocenters. The second-order valence-corrected chi connectivity index (χ2v) is 5.26. The van der Waals surface area contributed by atoms with E-state index in [-0.39, 0.29) is 5.92 Å². The molecule has 1 atom stereocenters. The summed E-state index contributed by atoms with van der Waals surface area (Å²) in [6.07, 6.45) is 1.87. The summed E-state index contributed by atoms with van der Waals surface area (Å²) in [6, 6.07) is 18.9. The van der Waals surface area contributed by atoms with E-state index < -0.39 is 0 Å². The minimum atomic E-state index is 0.252. The van der Waals surface area contributed by atoms with E-state index in [1.54, 1.807) is 0 Å². The minimum absolute atomic E-state index is 0.252. The fraction of sp³-hybridized carbons (Fsp3) is 0.167. The summed E-state index contributed by atoms with van der Waals surface area (Å²) in [5, 5.41) is 0. The van der Waals surface area contributed by atoms with E-state index in [9.17, 15) is 0 Å². The second-order valence-electron chi connectivity index (χ2n) is 5.26. The highest BCUT2D eigenvalue weighted by Crippen LogP contribution is 2.24. The Bertz CT molecular complexity index is 699. The second kappa shape index (κ2) is 5.94. The van der Waals surface area contributed by atoms with Gasteiger partial charge in [0.2, 0.25) is 0 Å². The number of nitrogens with two attached hydrogens (primary N) is 1. The first-order valence-electron chi connectivity index (χ1n) is 7.19. The van der Waals surface area contributed by atoms with E-state index in [2.05, 4.69) is 65.4 Å². The topological polar surface area (TPSA) is 54.7 Å². The number of hydrogen-bond acceptors (Lipinski definition) is 2. The van der Waals surface area contributed by atoms with Crippen LogP contribution in [-0.2, 0) is 0 Å². The summed E-state index contributed by atoms with van der Waals surface area (Å²) in [7, 11) is 0. The van der Waals surface area contributed by atoms with Gasteiger partial charge in [-0.25, -0.2) is 4.98 Å². The Labute approximate surface area is 124 Å². The molecule has 1 aromatic heterocycles. The van der Waals surface area contributed by atoms with Gasteiger partial charge in [0.1, 0.15) is 5.82 Å². The quantitative estimate of drug-likeness (QED) is 0.762. The van der Waals surface area contributed by atoms with E-state index in [0.717, 1.165) is 17.1 Å². The molecule has 0 radical (unpaired) electrons. The molecule has 0 fully saturated rings. The van der Waals surface area contributed by atoms with Crippen molar-refractivity contribution >= 4 is 0 Å². The highest BCUT2D eigenvalue weighted by atomic mass is 14.9. The van der Waals surface area contributed by atoms with Gasteiger partial charge in [0.25, 0.3) is 0 Å². The normalized spacial score (nSPS) is 12.3. The molecular weight excluding hydrogens is 258 g/mol. The average Bonchev–Trinajstić information content (AvgIpc) is 3.05. The lowest BCUT2D eigenvalue weighted by Gasteiger charge is -2.04. The summed E-state index contributed by atoms with van der Waals surface area (Å²) in [4.78, 5) is 7.76. The monoisotopic (exact) mass is 277 g/mol. The molecule has 0 saturated heterocycles. The van der Waals surface area contributed by atoms with E-state index in [0.29, 0.717) is 6.54 Å². The standard InChI is InChI=1S/C18H19N3/c1-13(11-19)18-20-12-17(21-18)16-9-7-15(8-10-16)14-5-3-2-4-6-14/h2-10,12-13H,11,19H2,1H3,(H,20,21). The third-order valence-corrected chi connectivity index (χ3v) is 3.72. The van der Waals surface area contributed by atoms with Crippen molar-refractivity contribution in [2.75, 3.05) is 6.54 Å². The molecule has 0 aliphatic carbocycles. The van der Waals surface area contributed by atoms with Crippen molar-refractivity contribution in [3.05, 3.63) is 66.6 Å². The lowest BCUT2D eigenvalue weighted by molar-refractivity contribution is 0.725. The van der Waals surface area contributed by atoms with Crippen LogP contribution < -0.4 is 5.73 Å². The van der Waals surface area contributed by atoms with Gasteiger partial charge in [-0.3, -0.25) is 0 Å². The molecule has 0 spiro atoms. The fourth-order valence-corrected chi connectivity index (χ4v) is 2.32. The zero-order valence-corrected chi connectivity index (χ0v) is 12.1. The van der Waals surface area contributed by atoms with Crippen LogP contribution in [0.1, 0.15) is 18.7 Å². The Morgan fingerprint density at radius 2 is 1.57 bits per heavy atom. The zero-order valence-electron chi connectivity index (χ0n) is 12.1. The van der Waals surface area contributed by atoms with Gasteiger partial charge in [-0.1, -0.05) is 61.5 Å². The Balaban J connectivity index is 1.86. The van der Waals surface area contributed by atoms with Gasteiger partial charge in [0.15, 0.2) is 0 Å². The number of benzene rings is 2. The highest BCUT2D eigenvalue weighted by molar-refractivity contribution is 5.68. The lowest BCUT2D eigenvalue weighted by Crippen LogP contribution is -2.10. The summed E-state index contributed by atoms with van der Waals surface area (Å²) in [5.74, 6) is 1.20. The van der Waals surface area contributed by atoms with Gasteiger partial charge in [-0.05, 0) is 16.7 Å². The minimum Gasteiger partial charge on any atom is -0.342 e. The Morgan fingerprint density at radius 3 is 2.24 bits per heavy atom. The first kappa shape index (κ1) is 13.6. The van der Waals surface area contributed by atoms with Crippen molar-refractivity contribution < 1.29 is 0 Å². The van der Waals surface area contributed by atoms with Crippen LogP contribution in [0, 0.1) is 0 Å². The zero-order chi connectivity index (χ0) is 14.7. The average molecular weight is 277 g/mol. The van der Waals surface area contributed by atoms with Gasteiger partial charge in [-0.2, -0.15) is 0 Å². The van der Waals surface area contributed by atoms with Crippen molar-refractivity contribution in [2.45, 2.75) is 12.8 Å². The maximum Gasteiger partial charge on any atom is 0.110 e. The van der Waals surface area contributed by atoms with Crippen molar-refractivity contribution in [3.63, 3.8) is 0 Å². The number of aromatic amines is 1. The van der Waals surface area contributed by atoms with Crippen LogP contribution >= 0.6 is 0 Å². The third kappa shape index (κ3) is 2.88. The Kier molecular flexibility index (Phi) is 3.84. The summed E-state index contributed by atoms with van der Waals surface area (Å²) in [6.45, 7) is 2.67. The van der Waals surface area contributed by atoms with Crippen LogP contribution in [0.2, 0.25) is 0 Å². The number of nitrogens with one attached hydrogen (secondary N) is 1. The van der Waals surface area contributed by atoms with Gasteiger partial charge < -0.3 is 10.7 Å². The van der Waals surface area contributed by atoms with E-state index in [4.69, 9.17) is 5.73 Å². The molecular formula is C18H19N3. The summed E-state index contributed by atoms with van der Waals surface area (Å²) in [5.41, 5.74) is 10.3. The van der Waals surface area contributed by atoms with Crippen LogP contribution in [0.25, 0.3) is 22.4 Å². The highest BCUT2D eigenvalue weighted by Gasteiger charge is 2.09. The number of hydrogen-bond donors (Lipinski definition) is 2. The van der Waals surface area contributed by atoms with E-state index in [1.807, 2.05) is 12.3 Å². The first-order chi connectivity index (χ1) is 10.3. The van der Waals surface area contributed by atoms with Crippen molar-refractivity contribution in [3.8, 4) is 22.4 Å². The fourth-order valence-electron chi connectivity index (χ4n) is 2.32. The molecule has 106 valence electrons. The lowest BCUT2D eigenvalue weighted by atomic mass is 10.0. The van der Waals surface area contributed by atoms with Crippen molar-refractivity contribution in [2.24, 2.45) is 5.73 Å². The summed E-state index contributed by atoms with van der Waals surface area (Å²) < 4.78 is 0. The number of nitrogens with zero attached hydrogens (tertiary/aromatic N) is 1. The third-order valence-electron chi connectivity index (χ3n) is 3.72. The summed E-state index contributed by atoms with van der Waals surface area (Å²) >= 11 is 0. The number of aromatic nitrogens is 2. The largest absolute Gasteiger partial charge is 0.342 e. The van der Waals surface area contributed by atoms with Gasteiger partial charge in [0, 0.05) is 12.5 Å². The Hall–Kier alpha value is -2.39. The molecule has 0 aliphatic heterocycles. The molecule has 3 aromatic rings. The van der Waals surface area contributed by atoms with Crippen LogP contribution in [0.3, 0.4) is 0 Å².